The van der Waals surface area contributed by atoms with Crippen LogP contribution >= 0.6 is 9.12 Å². The molecule has 0 bridgehead atoms. The van der Waals surface area contributed by atoms with Crippen molar-refractivity contribution in [1.82, 2.24) is 0 Å². The van der Waals surface area contributed by atoms with Gasteiger partial charge in [-0.15, -0.1) is 0 Å². The highest BCUT2D eigenvalue weighted by Gasteiger charge is 2.31. The van der Waals surface area contributed by atoms with Crippen LogP contribution in [-0.4, -0.2) is 18.4 Å². The SMILES string of the molecule is CCCCCCCCOC(=O)C(CC(C)C)C(=O)c1c(C)cc(C)cc1C.O=[PH3]. The first kappa shape index (κ1) is 27.6. The maximum Gasteiger partial charge on any atom is 0.316 e. The van der Waals surface area contributed by atoms with Crippen molar-refractivity contribution in [2.75, 3.05) is 6.61 Å². The van der Waals surface area contributed by atoms with Crippen LogP contribution in [0.4, 0.5) is 0 Å². The third kappa shape index (κ3) is 10.3. The molecule has 0 saturated heterocycles. The Morgan fingerprint density at radius 3 is 1.97 bits per heavy atom. The lowest BCUT2D eigenvalue weighted by Crippen LogP contribution is -2.29. The van der Waals surface area contributed by atoms with Gasteiger partial charge in [-0.2, -0.15) is 0 Å². The molecule has 0 N–H and O–H groups in total. The minimum Gasteiger partial charge on any atom is -0.465 e. The van der Waals surface area contributed by atoms with Gasteiger partial charge in [0.15, 0.2) is 5.78 Å². The van der Waals surface area contributed by atoms with Crippen LogP contribution < -0.4 is 0 Å². The number of hydrogen-bond acceptors (Lipinski definition) is 4. The van der Waals surface area contributed by atoms with Gasteiger partial charge in [0.1, 0.15) is 5.92 Å². The minimum absolute atomic E-state index is 0.0911. The van der Waals surface area contributed by atoms with E-state index in [2.05, 4.69) is 6.92 Å². The van der Waals surface area contributed by atoms with Crippen LogP contribution in [0.1, 0.15) is 92.8 Å². The largest absolute Gasteiger partial charge is 0.465 e. The molecule has 0 heterocycles. The number of esters is 1. The molecule has 0 fully saturated rings. The Labute approximate surface area is 179 Å². The molecule has 2 unspecified atom stereocenters. The summed E-state index contributed by atoms with van der Waals surface area (Å²) in [7, 11) is 0.611. The van der Waals surface area contributed by atoms with E-state index in [1.54, 1.807) is 0 Å². The Kier molecular flexibility index (Phi) is 14.7. The molecule has 1 rings (SSSR count). The average molecular weight is 425 g/mol. The molecule has 0 aliphatic carbocycles. The molecule has 1 aromatic carbocycles. The molecule has 0 saturated carbocycles. The molecule has 0 radical (unpaired) electrons. The van der Waals surface area contributed by atoms with Crippen LogP contribution in [0, 0.1) is 32.6 Å². The Morgan fingerprint density at radius 1 is 0.931 bits per heavy atom. The summed E-state index contributed by atoms with van der Waals surface area (Å²) in [4.78, 5) is 25.9. The monoisotopic (exact) mass is 424 g/mol. The predicted octanol–water partition coefficient (Wildman–Crippen LogP) is 6.30. The van der Waals surface area contributed by atoms with Crippen molar-refractivity contribution in [3.8, 4) is 0 Å². The molecule has 4 nitrogen and oxygen atoms in total. The number of carbonyl (C=O) groups excluding carboxylic acids is 2. The summed E-state index contributed by atoms with van der Waals surface area (Å²) < 4.78 is 13.8. The summed E-state index contributed by atoms with van der Waals surface area (Å²) in [5.41, 5.74) is 3.69. The molecule has 0 aromatic heterocycles. The molecule has 166 valence electrons. The number of ketones is 1. The highest BCUT2D eigenvalue weighted by molar-refractivity contribution is 7.00. The smallest absolute Gasteiger partial charge is 0.316 e. The Hall–Kier alpha value is -1.41. The summed E-state index contributed by atoms with van der Waals surface area (Å²) in [6.07, 6.45) is 7.39. The van der Waals surface area contributed by atoms with Crippen LogP contribution in [0.5, 0.6) is 0 Å². The lowest BCUT2D eigenvalue weighted by Gasteiger charge is -2.19. The third-order valence-corrected chi connectivity index (χ3v) is 4.97. The second kappa shape index (κ2) is 15.4. The Bertz CT molecular complexity index is 617. The van der Waals surface area contributed by atoms with E-state index in [-0.39, 0.29) is 17.7 Å². The van der Waals surface area contributed by atoms with Gasteiger partial charge in [-0.3, -0.25) is 9.59 Å². The van der Waals surface area contributed by atoms with Crippen LogP contribution in [0.2, 0.25) is 0 Å². The fourth-order valence-corrected chi connectivity index (χ4v) is 3.68. The van der Waals surface area contributed by atoms with Crippen molar-refractivity contribution < 1.29 is 18.9 Å². The number of aryl methyl sites for hydroxylation is 3. The van der Waals surface area contributed by atoms with E-state index in [1.165, 1.54) is 25.7 Å². The van der Waals surface area contributed by atoms with Crippen molar-refractivity contribution in [2.45, 2.75) is 86.5 Å². The van der Waals surface area contributed by atoms with Gasteiger partial charge >= 0.3 is 5.97 Å². The zero-order valence-electron chi connectivity index (χ0n) is 19.3. The van der Waals surface area contributed by atoms with Crippen LogP contribution in [-0.2, 0) is 14.1 Å². The van der Waals surface area contributed by atoms with E-state index in [4.69, 9.17) is 9.30 Å². The Morgan fingerprint density at radius 2 is 1.45 bits per heavy atom. The number of benzene rings is 1. The van der Waals surface area contributed by atoms with Gasteiger partial charge in [-0.25, -0.2) is 0 Å². The van der Waals surface area contributed by atoms with Crippen LogP contribution in [0.15, 0.2) is 12.1 Å². The van der Waals surface area contributed by atoms with Crippen LogP contribution in [0.3, 0.4) is 0 Å². The minimum atomic E-state index is -0.704. The van der Waals surface area contributed by atoms with Gasteiger partial charge in [0.25, 0.3) is 0 Å². The second-order valence-electron chi connectivity index (χ2n) is 8.26. The quantitative estimate of drug-likeness (QED) is 0.130. The van der Waals surface area contributed by atoms with Gasteiger partial charge in [0.05, 0.1) is 15.7 Å². The maximum absolute atomic E-state index is 13.2. The zero-order chi connectivity index (χ0) is 22.4. The lowest BCUT2D eigenvalue weighted by molar-refractivity contribution is -0.147. The zero-order valence-corrected chi connectivity index (χ0v) is 20.7. The first-order valence-corrected chi connectivity index (χ1v) is 11.4. The summed E-state index contributed by atoms with van der Waals surface area (Å²) in [6, 6.07) is 4.02. The van der Waals surface area contributed by atoms with Gasteiger partial charge in [-0.1, -0.05) is 70.6 Å². The Balaban J connectivity index is 0.00000379. The van der Waals surface area contributed by atoms with Gasteiger partial charge in [0.2, 0.25) is 0 Å². The number of carbonyl (C=O) groups is 2. The molecule has 0 spiro atoms. The summed E-state index contributed by atoms with van der Waals surface area (Å²) in [5, 5.41) is 0. The second-order valence-corrected chi connectivity index (χ2v) is 8.26. The molecule has 5 heteroatoms. The van der Waals surface area contributed by atoms with Gasteiger partial charge in [-0.05, 0) is 50.7 Å². The first-order valence-electron chi connectivity index (χ1n) is 10.9. The van der Waals surface area contributed by atoms with E-state index >= 15 is 0 Å². The topological polar surface area (TPSA) is 60.4 Å². The molecule has 0 aliphatic heterocycles. The summed E-state index contributed by atoms with van der Waals surface area (Å²) in [5.74, 6) is -0.898. The molecular formula is C24H41O4P. The third-order valence-electron chi connectivity index (χ3n) is 4.97. The number of unbranched alkanes of at least 4 members (excludes halogenated alkanes) is 5. The molecule has 0 aliphatic rings. The van der Waals surface area contributed by atoms with Gasteiger partial charge < -0.3 is 9.30 Å². The molecule has 1 aromatic rings. The lowest BCUT2D eigenvalue weighted by atomic mass is 9.85. The number of rotatable bonds is 12. The van der Waals surface area contributed by atoms with E-state index in [9.17, 15) is 9.59 Å². The normalized spacial score (nSPS) is 11.7. The molecule has 2 atom stereocenters. The van der Waals surface area contributed by atoms with Gasteiger partial charge in [0, 0.05) is 5.56 Å². The molecule has 29 heavy (non-hydrogen) atoms. The summed E-state index contributed by atoms with van der Waals surface area (Å²) in [6.45, 7) is 12.6. The summed E-state index contributed by atoms with van der Waals surface area (Å²) >= 11 is 0. The number of hydrogen-bond donors (Lipinski definition) is 0. The van der Waals surface area contributed by atoms with E-state index in [1.807, 2.05) is 46.8 Å². The van der Waals surface area contributed by atoms with E-state index in [0.717, 1.165) is 29.5 Å². The van der Waals surface area contributed by atoms with E-state index < -0.39 is 5.92 Å². The van der Waals surface area contributed by atoms with E-state index in [0.29, 0.717) is 27.7 Å². The van der Waals surface area contributed by atoms with Crippen molar-refractivity contribution >= 4 is 20.9 Å². The molecule has 0 amide bonds. The fourth-order valence-electron chi connectivity index (χ4n) is 3.68. The van der Waals surface area contributed by atoms with Crippen LogP contribution in [0.25, 0.3) is 0 Å². The van der Waals surface area contributed by atoms with Crippen molar-refractivity contribution in [1.29, 1.82) is 0 Å². The first-order chi connectivity index (χ1) is 13.8. The highest BCUT2D eigenvalue weighted by atomic mass is 31.0. The van der Waals surface area contributed by atoms with Crippen molar-refractivity contribution in [3.63, 3.8) is 0 Å². The average Bonchev–Trinajstić information content (AvgIpc) is 2.65. The predicted molar refractivity (Wildman–Crippen MR) is 124 cm³/mol. The van der Waals surface area contributed by atoms with Crippen molar-refractivity contribution in [2.24, 2.45) is 11.8 Å². The van der Waals surface area contributed by atoms with Crippen molar-refractivity contribution in [3.05, 3.63) is 34.4 Å². The fraction of sp³-hybridized carbons (Fsp3) is 0.667. The number of Topliss-reactive ketones (excluding diaryl/α,β-unsaturated/α-hetero) is 1. The maximum atomic E-state index is 13.2. The molecular weight excluding hydrogens is 383 g/mol. The standard InChI is InChI=1S/C24H38O3.H3OP/c1-7-8-9-10-11-12-13-27-24(26)21(14-17(2)3)23(25)22-19(5)15-18(4)16-20(22)6;1-2/h15-17,21H,7-14H2,1-6H3;2H3. The number of ether oxygens (including phenoxy) is 1. The highest BCUT2D eigenvalue weighted by Crippen LogP contribution is 2.25.